The van der Waals surface area contributed by atoms with Gasteiger partial charge in [0.25, 0.3) is 0 Å². The molecular weight excluding hydrogens is 376 g/mol. The average Bonchev–Trinajstić information content (AvgIpc) is 2.44. The number of nitrogen functional groups attached to an aromatic ring is 1. The molecule has 0 saturated heterocycles. The minimum absolute atomic E-state index is 0.129. The van der Waals surface area contributed by atoms with Crippen LogP contribution in [0.15, 0.2) is 51.8 Å². The molecule has 0 aliphatic heterocycles. The Morgan fingerprint density at radius 2 is 1.81 bits per heavy atom. The van der Waals surface area contributed by atoms with Crippen LogP contribution in [-0.2, 0) is 16.6 Å². The number of nitrogens with two attached hydrogens (primary N) is 1. The second kappa shape index (κ2) is 6.36. The van der Waals surface area contributed by atoms with Gasteiger partial charge < -0.3 is 5.73 Å². The Hall–Kier alpha value is -1.08. The van der Waals surface area contributed by atoms with Gasteiger partial charge in [-0.1, -0.05) is 39.7 Å². The van der Waals surface area contributed by atoms with Crippen LogP contribution < -0.4 is 5.73 Å². The number of hydrogen-bond acceptors (Lipinski definition) is 3. The summed E-state index contributed by atoms with van der Waals surface area (Å²) in [6.07, 6.45) is 0. The second-order valence-electron chi connectivity index (χ2n) is 4.57. The topological polar surface area (TPSA) is 63.4 Å². The summed E-state index contributed by atoms with van der Waals surface area (Å²) in [5.41, 5.74) is 6.81. The van der Waals surface area contributed by atoms with Gasteiger partial charge >= 0.3 is 0 Å². The highest BCUT2D eigenvalue weighted by Crippen LogP contribution is 2.24. The molecular formula is C14H14BrClN2O2S. The first-order valence-electron chi connectivity index (χ1n) is 6.06. The summed E-state index contributed by atoms with van der Waals surface area (Å²) >= 11 is 9.16. The van der Waals surface area contributed by atoms with Crippen molar-refractivity contribution in [3.8, 4) is 0 Å². The van der Waals surface area contributed by atoms with Crippen LogP contribution in [-0.4, -0.2) is 19.8 Å². The Morgan fingerprint density at radius 3 is 2.38 bits per heavy atom. The molecule has 2 aromatic rings. The zero-order chi connectivity index (χ0) is 15.6. The van der Waals surface area contributed by atoms with E-state index in [-0.39, 0.29) is 17.1 Å². The van der Waals surface area contributed by atoms with Crippen molar-refractivity contribution in [2.75, 3.05) is 12.8 Å². The molecule has 2 rings (SSSR count). The largest absolute Gasteiger partial charge is 0.397 e. The Labute approximate surface area is 137 Å². The lowest BCUT2D eigenvalue weighted by Gasteiger charge is -2.17. The lowest BCUT2D eigenvalue weighted by atomic mass is 10.2. The molecule has 0 saturated carbocycles. The Morgan fingerprint density at radius 1 is 1.19 bits per heavy atom. The van der Waals surface area contributed by atoms with Gasteiger partial charge in [0.15, 0.2) is 0 Å². The van der Waals surface area contributed by atoms with E-state index >= 15 is 0 Å². The molecule has 0 heterocycles. The van der Waals surface area contributed by atoms with Crippen molar-refractivity contribution >= 4 is 43.2 Å². The molecule has 0 aliphatic carbocycles. The summed E-state index contributed by atoms with van der Waals surface area (Å²) < 4.78 is 27.2. The van der Waals surface area contributed by atoms with Gasteiger partial charge in [-0.05, 0) is 35.9 Å². The quantitative estimate of drug-likeness (QED) is 0.814. The number of halogens is 2. The highest BCUT2D eigenvalue weighted by Gasteiger charge is 2.21. The van der Waals surface area contributed by atoms with Crippen LogP contribution in [0, 0.1) is 0 Å². The summed E-state index contributed by atoms with van der Waals surface area (Å²) in [5, 5.41) is 0.338. The fraction of sp³-hybridized carbons (Fsp3) is 0.143. The molecule has 0 radical (unpaired) electrons. The van der Waals surface area contributed by atoms with E-state index in [1.807, 2.05) is 24.3 Å². The minimum atomic E-state index is -3.60. The lowest BCUT2D eigenvalue weighted by molar-refractivity contribution is 0.467. The molecule has 0 amide bonds. The highest BCUT2D eigenvalue weighted by molar-refractivity contribution is 9.10. The van der Waals surface area contributed by atoms with Gasteiger partial charge in [-0.2, -0.15) is 4.31 Å². The fourth-order valence-corrected chi connectivity index (χ4v) is 3.37. The lowest BCUT2D eigenvalue weighted by Crippen LogP contribution is -2.26. The van der Waals surface area contributed by atoms with Crippen LogP contribution in [0.25, 0.3) is 0 Å². The van der Waals surface area contributed by atoms with E-state index in [9.17, 15) is 8.42 Å². The van der Waals surface area contributed by atoms with Gasteiger partial charge in [0.2, 0.25) is 10.0 Å². The van der Waals surface area contributed by atoms with E-state index in [1.54, 1.807) is 0 Å². The number of sulfonamides is 1. The molecule has 0 bridgehead atoms. The van der Waals surface area contributed by atoms with Gasteiger partial charge in [0.1, 0.15) is 0 Å². The van der Waals surface area contributed by atoms with Crippen molar-refractivity contribution in [2.45, 2.75) is 11.4 Å². The van der Waals surface area contributed by atoms with Crippen molar-refractivity contribution in [1.29, 1.82) is 0 Å². The molecule has 112 valence electrons. The van der Waals surface area contributed by atoms with E-state index in [4.69, 9.17) is 17.3 Å². The first kappa shape index (κ1) is 16.3. The molecule has 0 aliphatic rings. The summed E-state index contributed by atoms with van der Waals surface area (Å²) in [7, 11) is -2.07. The molecule has 0 atom stereocenters. The van der Waals surface area contributed by atoms with E-state index < -0.39 is 10.0 Å². The van der Waals surface area contributed by atoms with Crippen LogP contribution in [0.3, 0.4) is 0 Å². The normalized spacial score (nSPS) is 11.8. The summed E-state index contributed by atoms with van der Waals surface area (Å²) in [6.45, 7) is 0.276. The van der Waals surface area contributed by atoms with Crippen LogP contribution in [0.4, 0.5) is 5.69 Å². The second-order valence-corrected chi connectivity index (χ2v) is 7.94. The number of nitrogens with zero attached hydrogens (tertiary/aromatic N) is 1. The number of anilines is 1. The maximum Gasteiger partial charge on any atom is 0.243 e. The molecule has 4 nitrogen and oxygen atoms in total. The molecule has 0 unspecified atom stereocenters. The third-order valence-electron chi connectivity index (χ3n) is 2.99. The predicted molar refractivity (Wildman–Crippen MR) is 88.7 cm³/mol. The smallest absolute Gasteiger partial charge is 0.243 e. The maximum absolute atomic E-state index is 12.5. The monoisotopic (exact) mass is 388 g/mol. The number of benzene rings is 2. The molecule has 7 heteroatoms. The first-order chi connectivity index (χ1) is 9.80. The van der Waals surface area contributed by atoms with Crippen molar-refractivity contribution in [2.24, 2.45) is 0 Å². The first-order valence-corrected chi connectivity index (χ1v) is 8.67. The molecule has 0 spiro atoms. The van der Waals surface area contributed by atoms with Crippen LogP contribution >= 0.6 is 27.5 Å². The molecule has 2 N–H and O–H groups in total. The van der Waals surface area contributed by atoms with Crippen LogP contribution in [0.5, 0.6) is 0 Å². The van der Waals surface area contributed by atoms with Crippen LogP contribution in [0.1, 0.15) is 5.56 Å². The van der Waals surface area contributed by atoms with Gasteiger partial charge in [-0.25, -0.2) is 8.42 Å². The van der Waals surface area contributed by atoms with Crippen molar-refractivity contribution in [1.82, 2.24) is 4.31 Å². The predicted octanol–water partition coefficient (Wildman–Crippen LogP) is 3.51. The van der Waals surface area contributed by atoms with Crippen molar-refractivity contribution < 1.29 is 8.42 Å². The van der Waals surface area contributed by atoms with E-state index in [2.05, 4.69) is 15.9 Å². The Balaban J connectivity index is 2.25. The standard InChI is InChI=1S/C14H14BrClN2O2S/c1-18(9-10-2-4-11(15)5-3-10)21(19,20)12-6-7-13(16)14(17)8-12/h2-8H,9,17H2,1H3. The fourth-order valence-electron chi connectivity index (χ4n) is 1.79. The zero-order valence-electron chi connectivity index (χ0n) is 11.3. The summed E-state index contributed by atoms with van der Waals surface area (Å²) in [5.74, 6) is 0. The Kier molecular flexibility index (Phi) is 4.93. The van der Waals surface area contributed by atoms with Crippen LogP contribution in [0.2, 0.25) is 5.02 Å². The summed E-state index contributed by atoms with van der Waals surface area (Å²) in [4.78, 5) is 0.129. The van der Waals surface area contributed by atoms with Gasteiger partial charge in [0, 0.05) is 18.1 Å². The SMILES string of the molecule is CN(Cc1ccc(Br)cc1)S(=O)(=O)c1ccc(Cl)c(N)c1. The third kappa shape index (κ3) is 3.77. The molecule has 2 aromatic carbocycles. The average molecular weight is 390 g/mol. The Bertz CT molecular complexity index is 748. The van der Waals surface area contributed by atoms with Gasteiger partial charge in [0.05, 0.1) is 15.6 Å². The molecule has 0 aromatic heterocycles. The van der Waals surface area contributed by atoms with E-state index in [0.717, 1.165) is 10.0 Å². The third-order valence-corrected chi connectivity index (χ3v) is 5.67. The highest BCUT2D eigenvalue weighted by atomic mass is 79.9. The molecule has 0 fully saturated rings. The van der Waals surface area contributed by atoms with Gasteiger partial charge in [-0.3, -0.25) is 0 Å². The van der Waals surface area contributed by atoms with Crippen molar-refractivity contribution in [3.63, 3.8) is 0 Å². The number of rotatable bonds is 4. The maximum atomic E-state index is 12.5. The van der Waals surface area contributed by atoms with E-state index in [0.29, 0.717) is 5.02 Å². The number of hydrogen-bond donors (Lipinski definition) is 1. The molecule has 21 heavy (non-hydrogen) atoms. The van der Waals surface area contributed by atoms with Crippen molar-refractivity contribution in [3.05, 3.63) is 57.5 Å². The zero-order valence-corrected chi connectivity index (χ0v) is 14.4. The van der Waals surface area contributed by atoms with E-state index in [1.165, 1.54) is 29.6 Å². The summed E-state index contributed by atoms with van der Waals surface area (Å²) in [6, 6.07) is 11.8. The van der Waals surface area contributed by atoms with Gasteiger partial charge in [-0.15, -0.1) is 0 Å². The minimum Gasteiger partial charge on any atom is -0.397 e.